The first-order chi connectivity index (χ1) is 10.9. The van der Waals surface area contributed by atoms with Gasteiger partial charge in [-0.15, -0.1) is 0 Å². The molecule has 0 radical (unpaired) electrons. The highest BCUT2D eigenvalue weighted by Crippen LogP contribution is 2.14. The fourth-order valence-corrected chi connectivity index (χ4v) is 3.09. The van der Waals surface area contributed by atoms with Crippen molar-refractivity contribution < 1.29 is 13.2 Å². The van der Waals surface area contributed by atoms with Crippen LogP contribution in [-0.4, -0.2) is 26.0 Å². The Balaban J connectivity index is 2.60. The average Bonchev–Trinajstić information content (AvgIpc) is 2.51. The molecule has 0 aromatic heterocycles. The first-order valence-electron chi connectivity index (χ1n) is 7.59. The zero-order valence-electron chi connectivity index (χ0n) is 13.4. The van der Waals surface area contributed by atoms with Gasteiger partial charge in [0.2, 0.25) is 15.9 Å². The van der Waals surface area contributed by atoms with Crippen LogP contribution >= 0.6 is 12.2 Å². The van der Waals surface area contributed by atoms with E-state index in [2.05, 4.69) is 15.4 Å². The summed E-state index contributed by atoms with van der Waals surface area (Å²) in [5, 5.41) is 5.64. The summed E-state index contributed by atoms with van der Waals surface area (Å²) in [5.74, 6) is -0.132. The van der Waals surface area contributed by atoms with Crippen LogP contribution in [0.4, 0.5) is 5.69 Å². The second-order valence-electron chi connectivity index (χ2n) is 5.03. The molecule has 0 aliphatic heterocycles. The lowest BCUT2D eigenvalue weighted by Crippen LogP contribution is -2.33. The molecule has 23 heavy (non-hydrogen) atoms. The van der Waals surface area contributed by atoms with Crippen LogP contribution in [0.15, 0.2) is 29.2 Å². The van der Waals surface area contributed by atoms with E-state index in [-0.39, 0.29) is 15.9 Å². The van der Waals surface area contributed by atoms with E-state index < -0.39 is 10.0 Å². The summed E-state index contributed by atoms with van der Waals surface area (Å²) in [6, 6.07) is 6.18. The van der Waals surface area contributed by atoms with Gasteiger partial charge < -0.3 is 10.6 Å². The Bertz CT molecular complexity index is 628. The van der Waals surface area contributed by atoms with Crippen molar-refractivity contribution in [1.82, 2.24) is 10.0 Å². The van der Waals surface area contributed by atoms with Crippen LogP contribution in [0.3, 0.4) is 0 Å². The van der Waals surface area contributed by atoms with Gasteiger partial charge in [0.25, 0.3) is 0 Å². The number of carbonyl (C=O) groups excluding carboxylic acids is 1. The third-order valence-electron chi connectivity index (χ3n) is 2.97. The van der Waals surface area contributed by atoms with Crippen LogP contribution in [0.1, 0.15) is 39.5 Å². The van der Waals surface area contributed by atoms with E-state index in [0.29, 0.717) is 18.7 Å². The normalized spacial score (nSPS) is 11.0. The molecule has 6 nitrogen and oxygen atoms in total. The number of thiocarbonyl (C=S) groups is 1. The highest BCUT2D eigenvalue weighted by atomic mass is 32.2. The Labute approximate surface area is 143 Å². The van der Waals surface area contributed by atoms with Gasteiger partial charge in [-0.3, -0.25) is 4.79 Å². The number of benzene rings is 1. The molecular weight excluding hydrogens is 334 g/mol. The summed E-state index contributed by atoms with van der Waals surface area (Å²) in [7, 11) is -3.48. The molecule has 1 aromatic carbocycles. The molecule has 0 spiro atoms. The standard InChI is InChI=1S/C15H23N3O3S2/c1-3-5-6-14(19)18-15(22)17-12-7-9-13(10-8-12)23(20,21)16-11-4-2/h7-10,16H,3-6,11H2,1-2H3,(H2,17,18,19,22). The van der Waals surface area contributed by atoms with Crippen molar-refractivity contribution in [1.29, 1.82) is 0 Å². The molecule has 0 aliphatic rings. The number of sulfonamides is 1. The highest BCUT2D eigenvalue weighted by molar-refractivity contribution is 7.89. The van der Waals surface area contributed by atoms with Crippen LogP contribution in [0.25, 0.3) is 0 Å². The second-order valence-corrected chi connectivity index (χ2v) is 7.20. The molecule has 0 unspecified atom stereocenters. The molecule has 0 aliphatic carbocycles. The van der Waals surface area contributed by atoms with Crippen LogP contribution in [-0.2, 0) is 14.8 Å². The third-order valence-corrected chi connectivity index (χ3v) is 4.66. The topological polar surface area (TPSA) is 87.3 Å². The summed E-state index contributed by atoms with van der Waals surface area (Å²) in [6.07, 6.45) is 2.91. The number of unbranched alkanes of at least 4 members (excludes halogenated alkanes) is 1. The smallest absolute Gasteiger partial charge is 0.240 e. The van der Waals surface area contributed by atoms with Gasteiger partial charge in [-0.2, -0.15) is 0 Å². The van der Waals surface area contributed by atoms with Gasteiger partial charge in [-0.25, -0.2) is 13.1 Å². The Kier molecular flexibility index (Phi) is 8.15. The minimum absolute atomic E-state index is 0.132. The predicted molar refractivity (Wildman–Crippen MR) is 95.8 cm³/mol. The number of hydrogen-bond donors (Lipinski definition) is 3. The Morgan fingerprint density at radius 3 is 2.35 bits per heavy atom. The summed E-state index contributed by atoms with van der Waals surface area (Å²) in [4.78, 5) is 11.8. The second kappa shape index (κ2) is 9.59. The molecule has 0 saturated heterocycles. The first kappa shape index (κ1) is 19.5. The number of nitrogens with one attached hydrogen (secondary N) is 3. The van der Waals surface area contributed by atoms with Crippen LogP contribution in [0.5, 0.6) is 0 Å². The van der Waals surface area contributed by atoms with Gasteiger partial charge in [-0.05, 0) is 49.3 Å². The summed E-state index contributed by atoms with van der Waals surface area (Å²) in [6.45, 7) is 4.30. The average molecular weight is 358 g/mol. The Hall–Kier alpha value is -1.51. The Morgan fingerprint density at radius 1 is 1.13 bits per heavy atom. The molecule has 0 atom stereocenters. The fraction of sp³-hybridized carbons (Fsp3) is 0.467. The maximum absolute atomic E-state index is 12.0. The molecule has 1 rings (SSSR count). The maximum Gasteiger partial charge on any atom is 0.240 e. The zero-order chi connectivity index (χ0) is 17.3. The summed E-state index contributed by atoms with van der Waals surface area (Å²) in [5.41, 5.74) is 0.611. The van der Waals surface area contributed by atoms with Gasteiger partial charge in [0.15, 0.2) is 5.11 Å². The van der Waals surface area contributed by atoms with Crippen LogP contribution in [0, 0.1) is 0 Å². The van der Waals surface area contributed by atoms with E-state index in [1.165, 1.54) is 12.1 Å². The van der Waals surface area contributed by atoms with Crippen molar-refractivity contribution in [2.45, 2.75) is 44.4 Å². The van der Waals surface area contributed by atoms with Crippen molar-refractivity contribution in [3.8, 4) is 0 Å². The zero-order valence-corrected chi connectivity index (χ0v) is 15.0. The molecule has 1 aromatic rings. The largest absolute Gasteiger partial charge is 0.332 e. The number of rotatable bonds is 8. The van der Waals surface area contributed by atoms with E-state index in [1.807, 2.05) is 13.8 Å². The van der Waals surface area contributed by atoms with E-state index in [1.54, 1.807) is 12.1 Å². The van der Waals surface area contributed by atoms with E-state index in [4.69, 9.17) is 12.2 Å². The molecule has 0 bridgehead atoms. The third kappa shape index (κ3) is 7.06. The van der Waals surface area contributed by atoms with Gasteiger partial charge in [0.1, 0.15) is 0 Å². The molecule has 8 heteroatoms. The summed E-state index contributed by atoms with van der Waals surface area (Å²) >= 11 is 5.05. The van der Waals surface area contributed by atoms with E-state index >= 15 is 0 Å². The van der Waals surface area contributed by atoms with Gasteiger partial charge in [0.05, 0.1) is 4.90 Å². The van der Waals surface area contributed by atoms with Crippen molar-refractivity contribution in [2.75, 3.05) is 11.9 Å². The molecule has 128 valence electrons. The Morgan fingerprint density at radius 2 is 1.78 bits per heavy atom. The van der Waals surface area contributed by atoms with E-state index in [9.17, 15) is 13.2 Å². The van der Waals surface area contributed by atoms with Gasteiger partial charge in [0, 0.05) is 18.7 Å². The van der Waals surface area contributed by atoms with Gasteiger partial charge in [-0.1, -0.05) is 20.3 Å². The lowest BCUT2D eigenvalue weighted by atomic mass is 10.2. The molecule has 3 N–H and O–H groups in total. The van der Waals surface area contributed by atoms with Crippen molar-refractivity contribution >= 4 is 38.9 Å². The highest BCUT2D eigenvalue weighted by Gasteiger charge is 2.12. The minimum atomic E-state index is -3.48. The van der Waals surface area contributed by atoms with Crippen LogP contribution < -0.4 is 15.4 Å². The summed E-state index contributed by atoms with van der Waals surface area (Å²) < 4.78 is 26.4. The minimum Gasteiger partial charge on any atom is -0.332 e. The molecule has 0 fully saturated rings. The lowest BCUT2D eigenvalue weighted by Gasteiger charge is -2.10. The maximum atomic E-state index is 12.0. The fourth-order valence-electron chi connectivity index (χ4n) is 1.73. The first-order valence-corrected chi connectivity index (χ1v) is 9.48. The predicted octanol–water partition coefficient (Wildman–Crippen LogP) is 2.38. The van der Waals surface area contributed by atoms with Crippen molar-refractivity contribution in [3.05, 3.63) is 24.3 Å². The quantitative estimate of drug-likeness (QED) is 0.622. The molecular formula is C15H23N3O3S2. The SMILES string of the molecule is CCCCC(=O)NC(=S)Nc1ccc(S(=O)(=O)NCCC)cc1. The van der Waals surface area contributed by atoms with Gasteiger partial charge >= 0.3 is 0 Å². The van der Waals surface area contributed by atoms with Crippen molar-refractivity contribution in [2.24, 2.45) is 0 Å². The number of anilines is 1. The number of carbonyl (C=O) groups is 1. The molecule has 0 heterocycles. The van der Waals surface area contributed by atoms with Crippen LogP contribution in [0.2, 0.25) is 0 Å². The molecule has 1 amide bonds. The molecule has 0 saturated carbocycles. The monoisotopic (exact) mass is 357 g/mol. The number of amides is 1. The van der Waals surface area contributed by atoms with Crippen molar-refractivity contribution in [3.63, 3.8) is 0 Å². The number of hydrogen-bond acceptors (Lipinski definition) is 4. The lowest BCUT2D eigenvalue weighted by molar-refractivity contribution is -0.119. The van der Waals surface area contributed by atoms with E-state index in [0.717, 1.165) is 19.3 Å².